The molecule has 3 nitrogen and oxygen atoms in total. The number of aryl methyl sites for hydroxylation is 1. The zero-order valence-corrected chi connectivity index (χ0v) is 15.9. The molecule has 23 heavy (non-hydrogen) atoms. The van der Waals surface area contributed by atoms with Crippen LogP contribution in [0.1, 0.15) is 49.0 Å². The van der Waals surface area contributed by atoms with Crippen molar-refractivity contribution in [3.05, 3.63) is 57.1 Å². The number of benzene rings is 1. The number of hydrogen-bond acceptors (Lipinski definition) is 3. The Bertz CT molecular complexity index is 719. The predicted molar refractivity (Wildman–Crippen MR) is 97.4 cm³/mol. The lowest BCUT2D eigenvalue weighted by Gasteiger charge is -2.29. The lowest BCUT2D eigenvalue weighted by Crippen LogP contribution is -2.32. The molecule has 1 aromatic carbocycles. The molecule has 0 atom stereocenters. The van der Waals surface area contributed by atoms with Gasteiger partial charge < -0.3 is 0 Å². The highest BCUT2D eigenvalue weighted by molar-refractivity contribution is 9.10. The summed E-state index contributed by atoms with van der Waals surface area (Å²) in [5.74, 6) is 0.950. The Morgan fingerprint density at radius 1 is 1.26 bits per heavy atom. The van der Waals surface area contributed by atoms with Gasteiger partial charge in [-0.1, -0.05) is 48.8 Å². The van der Waals surface area contributed by atoms with Gasteiger partial charge in [0.1, 0.15) is 5.82 Å². The quantitative estimate of drug-likeness (QED) is 0.780. The fraction of sp³-hybridized carbons (Fsp3) is 0.474. The molecule has 0 saturated carbocycles. The van der Waals surface area contributed by atoms with Gasteiger partial charge in [0.25, 0.3) is 0 Å². The molecular weight excluding hydrogens is 350 g/mol. The van der Waals surface area contributed by atoms with Crippen LogP contribution >= 0.6 is 15.9 Å². The molecule has 1 aliphatic heterocycles. The number of hydrogen-bond donors (Lipinski definition) is 0. The van der Waals surface area contributed by atoms with E-state index >= 15 is 0 Å². The second kappa shape index (κ2) is 6.33. The smallest absolute Gasteiger partial charge is 0.133 e. The molecule has 1 aromatic heterocycles. The maximum absolute atomic E-state index is 4.81. The molecule has 0 bridgehead atoms. The van der Waals surface area contributed by atoms with Crippen molar-refractivity contribution in [2.45, 2.75) is 52.6 Å². The highest BCUT2D eigenvalue weighted by atomic mass is 79.9. The number of nitrogens with zero attached hydrogens (tertiary/aromatic N) is 3. The van der Waals surface area contributed by atoms with E-state index in [4.69, 9.17) is 4.98 Å². The molecule has 0 fully saturated rings. The van der Waals surface area contributed by atoms with Crippen LogP contribution in [0.3, 0.4) is 0 Å². The molecule has 0 radical (unpaired) electrons. The Morgan fingerprint density at radius 3 is 2.74 bits per heavy atom. The third-order valence-electron chi connectivity index (χ3n) is 4.29. The minimum atomic E-state index is 0.0128. The van der Waals surface area contributed by atoms with Gasteiger partial charge in [-0.3, -0.25) is 4.90 Å². The van der Waals surface area contributed by atoms with Gasteiger partial charge in [-0.05, 0) is 24.1 Å². The fourth-order valence-corrected chi connectivity index (χ4v) is 3.51. The summed E-state index contributed by atoms with van der Waals surface area (Å²) in [5.41, 5.74) is 5.13. The van der Waals surface area contributed by atoms with Crippen molar-refractivity contribution in [3.8, 4) is 0 Å². The van der Waals surface area contributed by atoms with Gasteiger partial charge in [-0.2, -0.15) is 0 Å². The van der Waals surface area contributed by atoms with Crippen LogP contribution in [-0.4, -0.2) is 21.4 Å². The summed E-state index contributed by atoms with van der Waals surface area (Å²) in [6.07, 6.45) is 3.03. The van der Waals surface area contributed by atoms with Crippen LogP contribution in [0.15, 0.2) is 28.9 Å². The van der Waals surface area contributed by atoms with E-state index in [2.05, 4.69) is 71.7 Å². The molecule has 0 amide bonds. The van der Waals surface area contributed by atoms with Crippen LogP contribution in [0.25, 0.3) is 0 Å². The average molecular weight is 374 g/mol. The van der Waals surface area contributed by atoms with Crippen LogP contribution in [0.2, 0.25) is 0 Å². The maximum atomic E-state index is 4.81. The molecule has 2 aromatic rings. The van der Waals surface area contributed by atoms with E-state index in [9.17, 15) is 0 Å². The number of rotatable bonds is 2. The minimum absolute atomic E-state index is 0.0128. The third kappa shape index (κ3) is 3.81. The van der Waals surface area contributed by atoms with E-state index in [0.29, 0.717) is 0 Å². The largest absolute Gasteiger partial charge is 0.294 e. The lowest BCUT2D eigenvalue weighted by atomic mass is 9.95. The Kier molecular flexibility index (Phi) is 4.56. The van der Waals surface area contributed by atoms with Crippen molar-refractivity contribution in [2.75, 3.05) is 6.54 Å². The summed E-state index contributed by atoms with van der Waals surface area (Å²) >= 11 is 3.69. The average Bonchev–Trinajstić information content (AvgIpc) is 2.48. The number of aromatic nitrogens is 2. The van der Waals surface area contributed by atoms with E-state index in [0.717, 1.165) is 31.9 Å². The van der Waals surface area contributed by atoms with Gasteiger partial charge in [0.05, 0.1) is 0 Å². The summed E-state index contributed by atoms with van der Waals surface area (Å²) in [6.45, 7) is 11.6. The van der Waals surface area contributed by atoms with Crippen molar-refractivity contribution in [3.63, 3.8) is 0 Å². The second-order valence-electron chi connectivity index (χ2n) is 7.47. The first-order valence-electron chi connectivity index (χ1n) is 8.15. The van der Waals surface area contributed by atoms with Gasteiger partial charge in [-0.15, -0.1) is 0 Å². The van der Waals surface area contributed by atoms with Crippen molar-refractivity contribution in [2.24, 2.45) is 0 Å². The first-order valence-corrected chi connectivity index (χ1v) is 8.95. The van der Waals surface area contributed by atoms with Crippen LogP contribution in [-0.2, 0) is 24.9 Å². The highest BCUT2D eigenvalue weighted by Gasteiger charge is 2.23. The van der Waals surface area contributed by atoms with E-state index < -0.39 is 0 Å². The molecule has 0 N–H and O–H groups in total. The second-order valence-corrected chi connectivity index (χ2v) is 8.33. The molecular formula is C19H24BrN3. The maximum Gasteiger partial charge on any atom is 0.133 e. The van der Waals surface area contributed by atoms with Crippen LogP contribution in [0.5, 0.6) is 0 Å². The monoisotopic (exact) mass is 373 g/mol. The first kappa shape index (κ1) is 16.6. The van der Waals surface area contributed by atoms with Gasteiger partial charge in [-0.25, -0.2) is 9.97 Å². The van der Waals surface area contributed by atoms with Crippen LogP contribution in [0, 0.1) is 6.92 Å². The lowest BCUT2D eigenvalue weighted by molar-refractivity contribution is 0.241. The third-order valence-corrected chi connectivity index (χ3v) is 5.02. The predicted octanol–water partition coefficient (Wildman–Crippen LogP) is 4.40. The Hall–Kier alpha value is -1.26. The van der Waals surface area contributed by atoms with Gasteiger partial charge in [0.2, 0.25) is 0 Å². The zero-order chi connectivity index (χ0) is 16.6. The van der Waals surface area contributed by atoms with E-state index in [1.165, 1.54) is 26.9 Å². The summed E-state index contributed by atoms with van der Waals surface area (Å²) in [4.78, 5) is 11.9. The summed E-state index contributed by atoms with van der Waals surface area (Å²) in [6, 6.07) is 6.58. The van der Waals surface area contributed by atoms with E-state index in [1.54, 1.807) is 0 Å². The number of fused-ring (bicyclic) bond motifs is 1. The SMILES string of the molecule is Cc1ccc(CN2CCc3nc(C(C)(C)C)ncc3C2)c(Br)c1. The van der Waals surface area contributed by atoms with Crippen LogP contribution < -0.4 is 0 Å². The summed E-state index contributed by atoms with van der Waals surface area (Å²) in [7, 11) is 0. The molecule has 0 unspecified atom stereocenters. The van der Waals surface area contributed by atoms with Gasteiger partial charge in [0.15, 0.2) is 0 Å². The van der Waals surface area contributed by atoms with E-state index in [-0.39, 0.29) is 5.41 Å². The van der Waals surface area contributed by atoms with Gasteiger partial charge >= 0.3 is 0 Å². The van der Waals surface area contributed by atoms with Crippen molar-refractivity contribution in [1.82, 2.24) is 14.9 Å². The highest BCUT2D eigenvalue weighted by Crippen LogP contribution is 2.25. The van der Waals surface area contributed by atoms with Crippen molar-refractivity contribution in [1.29, 1.82) is 0 Å². The fourth-order valence-electron chi connectivity index (χ4n) is 2.89. The Balaban J connectivity index is 1.75. The molecule has 122 valence electrons. The molecule has 0 aliphatic carbocycles. The Morgan fingerprint density at radius 2 is 2.04 bits per heavy atom. The summed E-state index contributed by atoms with van der Waals surface area (Å²) < 4.78 is 1.20. The minimum Gasteiger partial charge on any atom is -0.294 e. The molecule has 0 saturated heterocycles. The normalized spacial score (nSPS) is 15.5. The number of halogens is 1. The molecule has 0 spiro atoms. The zero-order valence-electron chi connectivity index (χ0n) is 14.4. The topological polar surface area (TPSA) is 29.0 Å². The van der Waals surface area contributed by atoms with E-state index in [1.807, 2.05) is 6.20 Å². The molecule has 2 heterocycles. The molecule has 3 rings (SSSR count). The summed E-state index contributed by atoms with van der Waals surface area (Å²) in [5, 5.41) is 0. The van der Waals surface area contributed by atoms with Crippen LogP contribution in [0.4, 0.5) is 0 Å². The first-order chi connectivity index (χ1) is 10.8. The van der Waals surface area contributed by atoms with Crippen molar-refractivity contribution >= 4 is 15.9 Å². The molecule has 1 aliphatic rings. The Labute approximate surface area is 147 Å². The standard InChI is InChI=1S/C19H24BrN3/c1-13-5-6-14(16(20)9-13)11-23-8-7-17-15(12-23)10-21-18(22-17)19(2,3)4/h5-6,9-10H,7-8,11-12H2,1-4H3. The molecule has 4 heteroatoms. The van der Waals surface area contributed by atoms with Gasteiger partial charge in [0, 0.05) is 53.4 Å². The van der Waals surface area contributed by atoms with Crippen molar-refractivity contribution < 1.29 is 0 Å².